The van der Waals surface area contributed by atoms with E-state index in [0.717, 1.165) is 25.9 Å². The van der Waals surface area contributed by atoms with Crippen LogP contribution in [-0.4, -0.2) is 42.3 Å². The molecule has 3 N–H and O–H groups in total. The second kappa shape index (κ2) is 6.38. The van der Waals surface area contributed by atoms with E-state index in [1.165, 1.54) is 19.4 Å². The average molecular weight is 200 g/mol. The Morgan fingerprint density at radius 3 is 3.00 bits per heavy atom. The van der Waals surface area contributed by atoms with Crippen molar-refractivity contribution in [2.45, 2.75) is 38.6 Å². The van der Waals surface area contributed by atoms with Crippen molar-refractivity contribution in [1.82, 2.24) is 4.90 Å². The van der Waals surface area contributed by atoms with Crippen LogP contribution in [0.25, 0.3) is 0 Å². The molecule has 0 bridgehead atoms. The fraction of sp³-hybridized carbons (Fsp3) is 1.00. The second-order valence-corrected chi connectivity index (χ2v) is 4.44. The molecule has 3 nitrogen and oxygen atoms in total. The first-order valence-corrected chi connectivity index (χ1v) is 5.83. The minimum atomic E-state index is 0.337. The quantitative estimate of drug-likeness (QED) is 0.691. The van der Waals surface area contributed by atoms with E-state index in [9.17, 15) is 0 Å². The van der Waals surface area contributed by atoms with Gasteiger partial charge < -0.3 is 15.7 Å². The molecule has 84 valence electrons. The molecule has 0 saturated carbocycles. The SMILES string of the molecule is CC(CCN)N1CCCC(CCO)C1. The maximum atomic E-state index is 8.91. The summed E-state index contributed by atoms with van der Waals surface area (Å²) in [6.07, 6.45) is 4.61. The summed E-state index contributed by atoms with van der Waals surface area (Å²) in [7, 11) is 0. The largest absolute Gasteiger partial charge is 0.396 e. The molecule has 0 spiro atoms. The van der Waals surface area contributed by atoms with Gasteiger partial charge in [0.2, 0.25) is 0 Å². The first kappa shape index (κ1) is 12.0. The van der Waals surface area contributed by atoms with Crippen molar-refractivity contribution in [1.29, 1.82) is 0 Å². The highest BCUT2D eigenvalue weighted by atomic mass is 16.3. The van der Waals surface area contributed by atoms with Crippen LogP contribution in [0.2, 0.25) is 0 Å². The van der Waals surface area contributed by atoms with E-state index in [4.69, 9.17) is 10.8 Å². The molecular weight excluding hydrogens is 176 g/mol. The van der Waals surface area contributed by atoms with Crippen molar-refractivity contribution in [2.24, 2.45) is 11.7 Å². The third-order valence-corrected chi connectivity index (χ3v) is 3.30. The van der Waals surface area contributed by atoms with E-state index >= 15 is 0 Å². The number of aliphatic hydroxyl groups is 1. The average Bonchev–Trinajstić information content (AvgIpc) is 2.19. The highest BCUT2D eigenvalue weighted by Gasteiger charge is 2.22. The van der Waals surface area contributed by atoms with Crippen LogP contribution in [0.4, 0.5) is 0 Å². The molecule has 14 heavy (non-hydrogen) atoms. The molecule has 1 heterocycles. The number of nitrogens with two attached hydrogens (primary N) is 1. The lowest BCUT2D eigenvalue weighted by atomic mass is 9.94. The molecule has 2 atom stereocenters. The van der Waals surface area contributed by atoms with Crippen LogP contribution in [0, 0.1) is 5.92 Å². The smallest absolute Gasteiger partial charge is 0.0434 e. The molecular formula is C11H24N2O. The van der Waals surface area contributed by atoms with E-state index in [-0.39, 0.29) is 0 Å². The normalized spacial score (nSPS) is 26.4. The topological polar surface area (TPSA) is 49.5 Å². The third kappa shape index (κ3) is 3.56. The minimum Gasteiger partial charge on any atom is -0.396 e. The maximum absolute atomic E-state index is 8.91. The third-order valence-electron chi connectivity index (χ3n) is 3.30. The standard InChI is InChI=1S/C11H24N2O/c1-10(4-6-12)13-7-2-3-11(9-13)5-8-14/h10-11,14H,2-9,12H2,1H3. The molecule has 0 amide bonds. The number of likely N-dealkylation sites (tertiary alicyclic amines) is 1. The van der Waals surface area contributed by atoms with Gasteiger partial charge >= 0.3 is 0 Å². The van der Waals surface area contributed by atoms with Gasteiger partial charge in [-0.1, -0.05) is 0 Å². The molecule has 0 aromatic heterocycles. The van der Waals surface area contributed by atoms with Gasteiger partial charge in [0.1, 0.15) is 0 Å². The van der Waals surface area contributed by atoms with Gasteiger partial charge in [0.15, 0.2) is 0 Å². The molecule has 2 unspecified atom stereocenters. The highest BCUT2D eigenvalue weighted by molar-refractivity contribution is 4.77. The summed E-state index contributed by atoms with van der Waals surface area (Å²) < 4.78 is 0. The number of hydrogen-bond acceptors (Lipinski definition) is 3. The van der Waals surface area contributed by atoms with E-state index in [0.29, 0.717) is 18.6 Å². The Balaban J connectivity index is 2.31. The lowest BCUT2D eigenvalue weighted by molar-refractivity contribution is 0.111. The van der Waals surface area contributed by atoms with Crippen molar-refractivity contribution in [3.8, 4) is 0 Å². The number of hydrogen-bond donors (Lipinski definition) is 2. The minimum absolute atomic E-state index is 0.337. The monoisotopic (exact) mass is 200 g/mol. The summed E-state index contributed by atoms with van der Waals surface area (Å²) in [5.74, 6) is 0.703. The Hall–Kier alpha value is -0.120. The second-order valence-electron chi connectivity index (χ2n) is 4.44. The number of aliphatic hydroxyl groups excluding tert-OH is 1. The predicted molar refractivity (Wildman–Crippen MR) is 59.1 cm³/mol. The number of rotatable bonds is 5. The summed E-state index contributed by atoms with van der Waals surface area (Å²) in [5.41, 5.74) is 5.56. The van der Waals surface area contributed by atoms with E-state index < -0.39 is 0 Å². The number of nitrogens with zero attached hydrogens (tertiary/aromatic N) is 1. The van der Waals surface area contributed by atoms with Gasteiger partial charge in [-0.2, -0.15) is 0 Å². The lowest BCUT2D eigenvalue weighted by Gasteiger charge is -2.36. The van der Waals surface area contributed by atoms with Crippen LogP contribution in [0.5, 0.6) is 0 Å². The van der Waals surface area contributed by atoms with Gasteiger partial charge in [0, 0.05) is 19.2 Å². The van der Waals surface area contributed by atoms with Crippen LogP contribution in [0.3, 0.4) is 0 Å². The molecule has 1 rings (SSSR count). The van der Waals surface area contributed by atoms with Crippen LogP contribution in [0.1, 0.15) is 32.6 Å². The molecule has 0 radical (unpaired) electrons. The van der Waals surface area contributed by atoms with E-state index in [2.05, 4.69) is 11.8 Å². The molecule has 1 aliphatic rings. The molecule has 0 aromatic rings. The molecule has 1 fully saturated rings. The lowest BCUT2D eigenvalue weighted by Crippen LogP contribution is -2.42. The van der Waals surface area contributed by atoms with Gasteiger partial charge in [-0.25, -0.2) is 0 Å². The Labute approximate surface area is 87.3 Å². The van der Waals surface area contributed by atoms with Crippen LogP contribution in [0.15, 0.2) is 0 Å². The Morgan fingerprint density at radius 2 is 2.36 bits per heavy atom. The first-order chi connectivity index (χ1) is 6.77. The molecule has 1 aliphatic heterocycles. The summed E-state index contributed by atoms with van der Waals surface area (Å²) in [6, 6.07) is 0.612. The Bertz CT molecular complexity index is 146. The van der Waals surface area contributed by atoms with Crippen LogP contribution >= 0.6 is 0 Å². The van der Waals surface area contributed by atoms with E-state index in [1.807, 2.05) is 0 Å². The van der Waals surface area contributed by atoms with Crippen molar-refractivity contribution in [2.75, 3.05) is 26.2 Å². The Kier molecular flexibility index (Phi) is 5.45. The van der Waals surface area contributed by atoms with Gasteiger partial charge in [-0.05, 0) is 51.6 Å². The zero-order chi connectivity index (χ0) is 10.4. The van der Waals surface area contributed by atoms with Gasteiger partial charge in [0.25, 0.3) is 0 Å². The van der Waals surface area contributed by atoms with Crippen molar-refractivity contribution >= 4 is 0 Å². The van der Waals surface area contributed by atoms with Gasteiger partial charge in [-0.3, -0.25) is 0 Å². The zero-order valence-electron chi connectivity index (χ0n) is 9.28. The van der Waals surface area contributed by atoms with Gasteiger partial charge in [-0.15, -0.1) is 0 Å². The fourth-order valence-electron chi connectivity index (χ4n) is 2.34. The molecule has 0 aromatic carbocycles. The highest BCUT2D eigenvalue weighted by Crippen LogP contribution is 2.21. The van der Waals surface area contributed by atoms with Crippen molar-refractivity contribution in [3.63, 3.8) is 0 Å². The number of piperidine rings is 1. The van der Waals surface area contributed by atoms with Crippen LogP contribution in [-0.2, 0) is 0 Å². The predicted octanol–water partition coefficient (Wildman–Crippen LogP) is 0.818. The maximum Gasteiger partial charge on any atom is 0.0434 e. The summed E-state index contributed by atoms with van der Waals surface area (Å²) in [4.78, 5) is 2.52. The summed E-state index contributed by atoms with van der Waals surface area (Å²) in [6.45, 7) is 5.74. The first-order valence-electron chi connectivity index (χ1n) is 5.83. The summed E-state index contributed by atoms with van der Waals surface area (Å²) >= 11 is 0. The molecule has 1 saturated heterocycles. The molecule has 3 heteroatoms. The van der Waals surface area contributed by atoms with Gasteiger partial charge in [0.05, 0.1) is 0 Å². The van der Waals surface area contributed by atoms with Crippen molar-refractivity contribution in [3.05, 3.63) is 0 Å². The Morgan fingerprint density at radius 1 is 1.57 bits per heavy atom. The summed E-state index contributed by atoms with van der Waals surface area (Å²) in [5, 5.41) is 8.91. The molecule has 0 aliphatic carbocycles. The fourth-order valence-corrected chi connectivity index (χ4v) is 2.34. The van der Waals surface area contributed by atoms with E-state index in [1.54, 1.807) is 0 Å². The zero-order valence-corrected chi connectivity index (χ0v) is 9.28. The van der Waals surface area contributed by atoms with Crippen LogP contribution < -0.4 is 5.73 Å². The van der Waals surface area contributed by atoms with Crippen molar-refractivity contribution < 1.29 is 5.11 Å².